The van der Waals surface area contributed by atoms with Crippen LogP contribution in [0, 0.1) is 0 Å². The van der Waals surface area contributed by atoms with E-state index in [1.807, 2.05) is 7.05 Å². The molecule has 0 saturated heterocycles. The highest BCUT2D eigenvalue weighted by atomic mass is 35.5. The van der Waals surface area contributed by atoms with Crippen molar-refractivity contribution in [1.29, 1.82) is 0 Å². The van der Waals surface area contributed by atoms with Crippen LogP contribution in [0.15, 0.2) is 10.6 Å². The summed E-state index contributed by atoms with van der Waals surface area (Å²) in [6.07, 6.45) is 0.840. The fourth-order valence-electron chi connectivity index (χ4n) is 0.798. The van der Waals surface area contributed by atoms with Crippen LogP contribution in [0.1, 0.15) is 12.6 Å². The van der Waals surface area contributed by atoms with Crippen LogP contribution >= 0.6 is 11.6 Å². The Morgan fingerprint density at radius 2 is 2.55 bits per heavy atom. The molecule has 1 heterocycles. The number of halogens is 1. The molecule has 1 unspecified atom stereocenters. The van der Waals surface area contributed by atoms with Gasteiger partial charge in [0.2, 0.25) is 5.22 Å². The van der Waals surface area contributed by atoms with Gasteiger partial charge >= 0.3 is 0 Å². The van der Waals surface area contributed by atoms with Crippen LogP contribution in [0.25, 0.3) is 0 Å². The number of likely N-dealkylation sites (N-methyl/N-ethyl adjacent to an activating group) is 1. The molecular weight excluding hydrogens is 164 g/mol. The maximum Gasteiger partial charge on any atom is 0.226 e. The molecule has 62 valence electrons. The second kappa shape index (κ2) is 3.74. The highest BCUT2D eigenvalue weighted by Crippen LogP contribution is 2.10. The van der Waals surface area contributed by atoms with Crippen molar-refractivity contribution in [1.82, 2.24) is 10.5 Å². The highest BCUT2D eigenvalue weighted by Gasteiger charge is 2.05. The first-order valence-corrected chi connectivity index (χ1v) is 3.88. The summed E-state index contributed by atoms with van der Waals surface area (Å²) in [5.74, 6) is 0. The maximum absolute atomic E-state index is 5.54. The molecule has 0 amide bonds. The molecular formula is C7H11ClN2O. The molecule has 3 nitrogen and oxygen atoms in total. The lowest BCUT2D eigenvalue weighted by molar-refractivity contribution is 0.409. The van der Waals surface area contributed by atoms with Crippen molar-refractivity contribution < 1.29 is 4.52 Å². The van der Waals surface area contributed by atoms with Crippen molar-refractivity contribution in [3.63, 3.8) is 0 Å². The second-order valence-corrected chi connectivity index (χ2v) is 2.89. The van der Waals surface area contributed by atoms with Gasteiger partial charge in [-0.1, -0.05) is 5.16 Å². The monoisotopic (exact) mass is 174 g/mol. The largest absolute Gasteiger partial charge is 0.344 e. The number of rotatable bonds is 3. The molecule has 0 bridgehead atoms. The van der Waals surface area contributed by atoms with Crippen LogP contribution in [-0.4, -0.2) is 18.2 Å². The normalized spacial score (nSPS) is 13.4. The van der Waals surface area contributed by atoms with Crippen molar-refractivity contribution in [2.24, 2.45) is 0 Å². The van der Waals surface area contributed by atoms with Crippen LogP contribution in [0.2, 0.25) is 5.22 Å². The van der Waals surface area contributed by atoms with E-state index in [0.717, 1.165) is 12.1 Å². The highest BCUT2D eigenvalue weighted by molar-refractivity contribution is 6.28. The first-order chi connectivity index (χ1) is 5.22. The van der Waals surface area contributed by atoms with Gasteiger partial charge in [-0.2, -0.15) is 0 Å². The standard InChI is InChI=1S/C7H11ClN2O/c1-5(9-2)3-6-4-7(8)11-10-6/h4-5,9H,3H2,1-2H3. The van der Waals surface area contributed by atoms with Crippen molar-refractivity contribution in [3.8, 4) is 0 Å². The van der Waals surface area contributed by atoms with E-state index in [9.17, 15) is 0 Å². The zero-order valence-corrected chi connectivity index (χ0v) is 7.35. The lowest BCUT2D eigenvalue weighted by atomic mass is 10.2. The minimum absolute atomic E-state index is 0.350. The van der Waals surface area contributed by atoms with Gasteiger partial charge in [-0.15, -0.1) is 0 Å². The van der Waals surface area contributed by atoms with Gasteiger partial charge in [0.25, 0.3) is 0 Å². The van der Waals surface area contributed by atoms with Crippen LogP contribution in [-0.2, 0) is 6.42 Å². The van der Waals surface area contributed by atoms with E-state index < -0.39 is 0 Å². The van der Waals surface area contributed by atoms with Gasteiger partial charge in [-0.3, -0.25) is 0 Å². The third-order valence-electron chi connectivity index (χ3n) is 1.54. The van der Waals surface area contributed by atoms with E-state index in [-0.39, 0.29) is 0 Å². The van der Waals surface area contributed by atoms with Crippen LogP contribution in [0.3, 0.4) is 0 Å². The Hall–Kier alpha value is -0.540. The Bertz CT molecular complexity index is 224. The first kappa shape index (κ1) is 8.56. The van der Waals surface area contributed by atoms with Crippen molar-refractivity contribution in [2.45, 2.75) is 19.4 Å². The Kier molecular flexibility index (Phi) is 2.91. The van der Waals surface area contributed by atoms with Gasteiger partial charge in [0.1, 0.15) is 0 Å². The zero-order valence-electron chi connectivity index (χ0n) is 6.60. The summed E-state index contributed by atoms with van der Waals surface area (Å²) < 4.78 is 4.70. The summed E-state index contributed by atoms with van der Waals surface area (Å²) in [5.41, 5.74) is 0.886. The molecule has 0 saturated carbocycles. The molecule has 1 N–H and O–H groups in total. The summed E-state index contributed by atoms with van der Waals surface area (Å²) >= 11 is 5.54. The Labute approximate surface area is 70.7 Å². The van der Waals surface area contributed by atoms with Gasteiger partial charge < -0.3 is 9.84 Å². The summed E-state index contributed by atoms with van der Waals surface area (Å²) in [6.45, 7) is 2.07. The summed E-state index contributed by atoms with van der Waals surface area (Å²) in [4.78, 5) is 0. The second-order valence-electron chi connectivity index (χ2n) is 2.52. The van der Waals surface area contributed by atoms with E-state index in [4.69, 9.17) is 16.1 Å². The predicted octanol–water partition coefficient (Wildman–Crippen LogP) is 1.48. The molecule has 0 fully saturated rings. The van der Waals surface area contributed by atoms with Gasteiger partial charge in [0, 0.05) is 18.5 Å². The van der Waals surface area contributed by atoms with Crippen LogP contribution in [0.5, 0.6) is 0 Å². The average Bonchev–Trinajstić information content (AvgIpc) is 2.35. The van der Waals surface area contributed by atoms with Gasteiger partial charge in [-0.05, 0) is 25.6 Å². The topological polar surface area (TPSA) is 38.1 Å². The van der Waals surface area contributed by atoms with Gasteiger partial charge in [0.05, 0.1) is 5.69 Å². The number of hydrogen-bond donors (Lipinski definition) is 1. The van der Waals surface area contributed by atoms with E-state index in [1.165, 1.54) is 0 Å². The van der Waals surface area contributed by atoms with E-state index >= 15 is 0 Å². The number of nitrogens with one attached hydrogen (secondary N) is 1. The molecule has 1 aromatic rings. The number of nitrogens with zero attached hydrogens (tertiary/aromatic N) is 1. The Morgan fingerprint density at radius 3 is 3.00 bits per heavy atom. The van der Waals surface area contributed by atoms with Crippen LogP contribution in [0.4, 0.5) is 0 Å². The molecule has 0 aliphatic heterocycles. The molecule has 11 heavy (non-hydrogen) atoms. The third kappa shape index (κ3) is 2.52. The van der Waals surface area contributed by atoms with Crippen LogP contribution < -0.4 is 5.32 Å². The minimum atomic E-state index is 0.350. The van der Waals surface area contributed by atoms with E-state index in [0.29, 0.717) is 11.3 Å². The first-order valence-electron chi connectivity index (χ1n) is 3.50. The maximum atomic E-state index is 5.54. The van der Waals surface area contributed by atoms with E-state index in [2.05, 4.69) is 17.4 Å². The van der Waals surface area contributed by atoms with Crippen molar-refractivity contribution in [2.75, 3.05) is 7.05 Å². The minimum Gasteiger partial charge on any atom is -0.344 e. The van der Waals surface area contributed by atoms with Gasteiger partial charge in [0.15, 0.2) is 0 Å². The Balaban J connectivity index is 2.50. The van der Waals surface area contributed by atoms with E-state index in [1.54, 1.807) is 6.07 Å². The molecule has 4 heteroatoms. The molecule has 1 atom stereocenters. The predicted molar refractivity (Wildman–Crippen MR) is 43.7 cm³/mol. The van der Waals surface area contributed by atoms with Gasteiger partial charge in [-0.25, -0.2) is 0 Å². The quantitative estimate of drug-likeness (QED) is 0.755. The Morgan fingerprint density at radius 1 is 1.82 bits per heavy atom. The summed E-state index contributed by atoms with van der Waals surface area (Å²) in [5, 5.41) is 7.20. The molecule has 0 aliphatic rings. The molecule has 0 aromatic carbocycles. The molecule has 0 aliphatic carbocycles. The molecule has 1 rings (SSSR count). The van der Waals surface area contributed by atoms with Crippen molar-refractivity contribution in [3.05, 3.63) is 17.0 Å². The number of aromatic nitrogens is 1. The fraction of sp³-hybridized carbons (Fsp3) is 0.571. The molecule has 0 spiro atoms. The smallest absolute Gasteiger partial charge is 0.226 e. The summed E-state index contributed by atoms with van der Waals surface area (Å²) in [6, 6.07) is 2.13. The number of hydrogen-bond acceptors (Lipinski definition) is 3. The molecule has 0 radical (unpaired) electrons. The third-order valence-corrected chi connectivity index (χ3v) is 1.72. The lowest BCUT2D eigenvalue weighted by Crippen LogP contribution is -2.23. The summed E-state index contributed by atoms with van der Waals surface area (Å²) in [7, 11) is 1.91. The zero-order chi connectivity index (χ0) is 8.27. The van der Waals surface area contributed by atoms with Crippen molar-refractivity contribution >= 4 is 11.6 Å². The fourth-order valence-corrected chi connectivity index (χ4v) is 0.958. The average molecular weight is 175 g/mol. The molecule has 1 aromatic heterocycles. The SMILES string of the molecule is CNC(C)Cc1cc(Cl)on1. The lowest BCUT2D eigenvalue weighted by Gasteiger charge is -2.05.